The van der Waals surface area contributed by atoms with E-state index in [1.54, 1.807) is 84.8 Å². The molecular formula is C63H74F4N8O9. The molecule has 4 saturated heterocycles. The maximum absolute atomic E-state index is 16.7. The van der Waals surface area contributed by atoms with Gasteiger partial charge in [0.2, 0.25) is 11.8 Å². The number of rotatable bonds is 20. The second kappa shape index (κ2) is 26.0. The first-order valence-electron chi connectivity index (χ1n) is 29.6. The van der Waals surface area contributed by atoms with Gasteiger partial charge in [-0.3, -0.25) is 29.0 Å². The van der Waals surface area contributed by atoms with Crippen LogP contribution in [0.2, 0.25) is 0 Å². The van der Waals surface area contributed by atoms with Gasteiger partial charge in [0.15, 0.2) is 13.2 Å². The fourth-order valence-electron chi connectivity index (χ4n) is 12.8. The minimum absolute atomic E-state index is 0.0289. The van der Waals surface area contributed by atoms with E-state index in [0.29, 0.717) is 91.6 Å². The molecule has 7 aliphatic rings. The highest BCUT2D eigenvalue weighted by molar-refractivity contribution is 5.91. The summed E-state index contributed by atoms with van der Waals surface area (Å²) in [6.07, 6.45) is -0.233. The van der Waals surface area contributed by atoms with E-state index in [1.165, 1.54) is 17.0 Å². The topological polar surface area (TPSA) is 174 Å². The number of methoxy groups -OCH3 is 1. The molecule has 7 fully saturated rings. The second-order valence-electron chi connectivity index (χ2n) is 23.7. The Kier molecular flexibility index (Phi) is 18.2. The summed E-state index contributed by atoms with van der Waals surface area (Å²) in [6.45, 7) is 3.20. The standard InChI is InChI=1S/C63H74F4N8O9/c1-82-27-26-70-20-22-71(23-21-70)62(80)83-37-56(76)74-34-45(64)30-53(74)61(79)69-59(42-10-6-3-7-11-42)44-17-19-48(52(67)29-44)49-32-50(49)55-36-73(25-24-72(55)33-39-12-13-39)63(81)84-38-57(77)75-35-46(65)31-54(75)60(78)68-58(41-8-4-2-5-9-41)43-16-18-47(40-14-15-40)51(66)28-43/h2-11,16-19,28-29,39-40,45-46,49-50,53-55,58-59H,12-15,20-27,30-38H2,1H3,(H,68,78)(H,69,79)/t45-,46-,49?,50?,53+,54+,55?,58+,59+/m1/s1. The fourth-order valence-corrected chi connectivity index (χ4v) is 12.8. The van der Waals surface area contributed by atoms with Gasteiger partial charge in [0.25, 0.3) is 11.8 Å². The molecule has 0 spiro atoms. The zero-order valence-corrected chi connectivity index (χ0v) is 47.3. The monoisotopic (exact) mass is 1160 g/mol. The van der Waals surface area contributed by atoms with Gasteiger partial charge in [-0.1, -0.05) is 84.9 Å². The quantitative estimate of drug-likeness (QED) is 0.0885. The van der Waals surface area contributed by atoms with E-state index in [1.807, 2.05) is 12.1 Å². The van der Waals surface area contributed by atoms with Crippen LogP contribution < -0.4 is 10.6 Å². The number of alkyl halides is 2. The van der Waals surface area contributed by atoms with Crippen LogP contribution in [0.1, 0.15) is 102 Å². The Balaban J connectivity index is 0.710. The highest BCUT2D eigenvalue weighted by Crippen LogP contribution is 2.53. The zero-order valence-electron chi connectivity index (χ0n) is 47.3. The second-order valence-corrected chi connectivity index (χ2v) is 23.7. The van der Waals surface area contributed by atoms with Crippen LogP contribution in [0.3, 0.4) is 0 Å². The van der Waals surface area contributed by atoms with Gasteiger partial charge < -0.3 is 44.4 Å². The Labute approximate surface area is 486 Å². The van der Waals surface area contributed by atoms with Crippen molar-refractivity contribution in [3.05, 3.63) is 142 Å². The third kappa shape index (κ3) is 13.8. The van der Waals surface area contributed by atoms with E-state index in [0.717, 1.165) is 48.6 Å². The van der Waals surface area contributed by atoms with Crippen LogP contribution in [0.4, 0.5) is 27.2 Å². The van der Waals surface area contributed by atoms with Crippen molar-refractivity contribution < 1.29 is 60.5 Å². The minimum Gasteiger partial charge on any atom is -0.439 e. The lowest BCUT2D eigenvalue weighted by Crippen LogP contribution is -2.56. The van der Waals surface area contributed by atoms with Gasteiger partial charge in [0, 0.05) is 84.9 Å². The Bertz CT molecular complexity index is 3020. The molecule has 4 aromatic rings. The van der Waals surface area contributed by atoms with Crippen LogP contribution in [-0.4, -0.2) is 195 Å². The molecule has 3 aliphatic carbocycles. The number of amides is 6. The van der Waals surface area contributed by atoms with Crippen LogP contribution in [0.25, 0.3) is 0 Å². The lowest BCUT2D eigenvalue weighted by Gasteiger charge is -2.41. The molecule has 11 rings (SSSR count). The number of halogens is 4. The third-order valence-corrected chi connectivity index (χ3v) is 17.9. The molecule has 2 N–H and O–H groups in total. The minimum atomic E-state index is -1.50. The zero-order chi connectivity index (χ0) is 58.6. The van der Waals surface area contributed by atoms with E-state index in [9.17, 15) is 28.8 Å². The van der Waals surface area contributed by atoms with Crippen molar-refractivity contribution in [3.8, 4) is 0 Å². The molecule has 3 unspecified atom stereocenters. The Hall–Kier alpha value is -7.10. The van der Waals surface area contributed by atoms with Gasteiger partial charge in [0.05, 0.1) is 31.8 Å². The van der Waals surface area contributed by atoms with Crippen molar-refractivity contribution in [3.63, 3.8) is 0 Å². The Morgan fingerprint density at radius 1 is 0.583 bits per heavy atom. The maximum atomic E-state index is 16.7. The highest BCUT2D eigenvalue weighted by Gasteiger charge is 2.50. The predicted molar refractivity (Wildman–Crippen MR) is 301 cm³/mol. The number of carbonyl (C=O) groups is 6. The predicted octanol–water partition coefficient (Wildman–Crippen LogP) is 6.87. The van der Waals surface area contributed by atoms with Crippen LogP contribution in [0.15, 0.2) is 97.1 Å². The smallest absolute Gasteiger partial charge is 0.410 e. The fraction of sp³-hybridized carbons (Fsp3) is 0.524. The van der Waals surface area contributed by atoms with E-state index in [2.05, 4.69) is 20.4 Å². The van der Waals surface area contributed by atoms with Crippen molar-refractivity contribution in [1.82, 2.24) is 40.0 Å². The van der Waals surface area contributed by atoms with Gasteiger partial charge in [-0.05, 0) is 101 Å². The number of piperazine rings is 2. The molecule has 0 bridgehead atoms. The summed E-state index contributed by atoms with van der Waals surface area (Å²) < 4.78 is 78.5. The summed E-state index contributed by atoms with van der Waals surface area (Å²) in [5.41, 5.74) is 3.37. The number of hydrogen-bond donors (Lipinski definition) is 2. The van der Waals surface area contributed by atoms with Gasteiger partial charge in [-0.2, -0.15) is 0 Å². The largest absolute Gasteiger partial charge is 0.439 e. The summed E-state index contributed by atoms with van der Waals surface area (Å²) in [6, 6.07) is 23.6. The van der Waals surface area contributed by atoms with E-state index < -0.39 is 91.4 Å². The maximum Gasteiger partial charge on any atom is 0.410 e. The van der Waals surface area contributed by atoms with Crippen LogP contribution in [0, 0.1) is 23.5 Å². The van der Waals surface area contributed by atoms with Crippen molar-refractivity contribution in [1.29, 1.82) is 0 Å². The summed E-state index contributed by atoms with van der Waals surface area (Å²) >= 11 is 0. The first-order chi connectivity index (χ1) is 40.7. The number of likely N-dealkylation sites (tertiary alicyclic amines) is 2. The first kappa shape index (κ1) is 58.7. The molecular weight excluding hydrogens is 1090 g/mol. The molecule has 3 saturated carbocycles. The number of nitrogens with one attached hydrogen (secondary N) is 2. The van der Waals surface area contributed by atoms with Crippen molar-refractivity contribution in [2.75, 3.05) is 98.9 Å². The van der Waals surface area contributed by atoms with Crippen LogP contribution in [0.5, 0.6) is 0 Å². The number of benzene rings is 4. The molecule has 4 aliphatic heterocycles. The van der Waals surface area contributed by atoms with Crippen molar-refractivity contribution in [2.45, 2.75) is 99.3 Å². The normalized spacial score (nSPS) is 25.2. The van der Waals surface area contributed by atoms with Gasteiger partial charge >= 0.3 is 12.2 Å². The van der Waals surface area contributed by atoms with Crippen LogP contribution in [-0.2, 0) is 33.4 Å². The van der Waals surface area contributed by atoms with Gasteiger partial charge in [-0.15, -0.1) is 0 Å². The lowest BCUT2D eigenvalue weighted by atomic mass is 9.95. The molecule has 17 nitrogen and oxygen atoms in total. The molecule has 84 heavy (non-hydrogen) atoms. The van der Waals surface area contributed by atoms with Gasteiger partial charge in [0.1, 0.15) is 36.1 Å². The summed E-state index contributed by atoms with van der Waals surface area (Å²) in [7, 11) is 1.62. The van der Waals surface area contributed by atoms with Crippen molar-refractivity contribution >= 4 is 35.8 Å². The average Bonchev–Trinajstić information content (AvgIpc) is 3.65. The molecule has 21 heteroatoms. The molecule has 4 aromatic carbocycles. The number of nitrogens with zero attached hydrogens (tertiary/aromatic N) is 6. The number of carbonyl (C=O) groups excluding carboxylic acids is 6. The molecule has 448 valence electrons. The molecule has 6 amide bonds. The Morgan fingerprint density at radius 3 is 1.60 bits per heavy atom. The summed E-state index contributed by atoms with van der Waals surface area (Å²) in [4.78, 5) is 92.1. The number of ether oxygens (including phenoxy) is 3. The highest BCUT2D eigenvalue weighted by atomic mass is 19.1. The molecule has 9 atom stereocenters. The summed E-state index contributed by atoms with van der Waals surface area (Å²) in [5, 5.41) is 5.93. The molecule has 4 heterocycles. The van der Waals surface area contributed by atoms with E-state index >= 15 is 17.6 Å². The number of hydrogen-bond acceptors (Lipinski definition) is 11. The average molecular weight is 1160 g/mol. The van der Waals surface area contributed by atoms with E-state index in [-0.39, 0.29) is 62.1 Å². The summed E-state index contributed by atoms with van der Waals surface area (Å²) in [5.74, 6) is -3.04. The van der Waals surface area contributed by atoms with E-state index in [4.69, 9.17) is 14.2 Å². The Morgan fingerprint density at radius 2 is 1.10 bits per heavy atom. The van der Waals surface area contributed by atoms with Gasteiger partial charge in [-0.25, -0.2) is 27.2 Å². The first-order valence-corrected chi connectivity index (χ1v) is 29.6. The lowest BCUT2D eigenvalue weighted by molar-refractivity contribution is -0.141. The third-order valence-electron chi connectivity index (χ3n) is 17.9. The van der Waals surface area contributed by atoms with Crippen LogP contribution >= 0.6 is 0 Å². The molecule has 0 aromatic heterocycles. The van der Waals surface area contributed by atoms with Crippen molar-refractivity contribution in [2.24, 2.45) is 11.8 Å². The SMILES string of the molecule is COCCN1CCN(C(=O)OCC(=O)N2C[C@H](F)C[C@H]2C(=O)N[C@@H](c2ccccc2)c2ccc(C3CC3C3CN(C(=O)OCC(=O)N4C[C@H](F)C[C@H]4C(=O)N[C@@H](c4ccccc4)c4ccc(C5CC5)c(F)c4)CCN3CC3CC3)c(F)c2)CC1. The molecule has 0 radical (unpaired) electrons.